The summed E-state index contributed by atoms with van der Waals surface area (Å²) in [5, 5.41) is 11.2. The molecule has 1 aliphatic carbocycles. The summed E-state index contributed by atoms with van der Waals surface area (Å²) in [7, 11) is -1.88. The first-order valence-electron chi connectivity index (χ1n) is 16.1. The molecule has 1 saturated carbocycles. The quantitative estimate of drug-likeness (QED) is 0.174. The lowest BCUT2D eigenvalue weighted by Crippen LogP contribution is -2.43. The molecule has 1 fully saturated rings. The minimum Gasteiger partial charge on any atom is -0.478 e. The summed E-state index contributed by atoms with van der Waals surface area (Å²) in [6.07, 6.45) is 1.13. The second-order valence-electron chi connectivity index (χ2n) is 15.6. The topological polar surface area (TPSA) is 99.5 Å². The summed E-state index contributed by atoms with van der Waals surface area (Å²) in [4.78, 5) is 15.8. The third-order valence-corrected chi connectivity index (χ3v) is 12.8. The number of aromatic nitrogens is 3. The molecule has 1 amide bonds. The molecule has 45 heavy (non-hydrogen) atoms. The van der Waals surface area contributed by atoms with E-state index in [-0.39, 0.29) is 40.8 Å². The van der Waals surface area contributed by atoms with Crippen molar-refractivity contribution in [2.45, 2.75) is 142 Å². The van der Waals surface area contributed by atoms with Crippen molar-refractivity contribution < 1.29 is 27.5 Å². The van der Waals surface area contributed by atoms with Gasteiger partial charge < -0.3 is 24.5 Å². The second-order valence-corrected chi connectivity index (χ2v) is 20.3. The molecule has 0 spiro atoms. The highest BCUT2D eigenvalue weighted by atomic mass is 28.4. The lowest BCUT2D eigenvalue weighted by molar-refractivity contribution is 0.0526. The maximum Gasteiger partial charge on any atom is 0.407 e. The van der Waals surface area contributed by atoms with Crippen LogP contribution in [0.1, 0.15) is 118 Å². The van der Waals surface area contributed by atoms with Gasteiger partial charge in [0.05, 0.1) is 17.8 Å². The van der Waals surface area contributed by atoms with Gasteiger partial charge in [0.1, 0.15) is 17.1 Å². The van der Waals surface area contributed by atoms with E-state index in [0.717, 1.165) is 30.8 Å². The predicted molar refractivity (Wildman–Crippen MR) is 177 cm³/mol. The number of halogens is 2. The highest BCUT2D eigenvalue weighted by molar-refractivity contribution is 6.74. The zero-order valence-corrected chi connectivity index (χ0v) is 30.1. The van der Waals surface area contributed by atoms with E-state index < -0.39 is 26.4 Å². The Bertz CT molecular complexity index is 1280. The van der Waals surface area contributed by atoms with Crippen LogP contribution >= 0.6 is 0 Å². The summed E-state index contributed by atoms with van der Waals surface area (Å²) in [5.74, 6) is 1.09. The molecular weight excluding hydrogens is 596 g/mol. The van der Waals surface area contributed by atoms with Gasteiger partial charge >= 0.3 is 6.09 Å². The Morgan fingerprint density at radius 2 is 1.73 bits per heavy atom. The molecule has 0 bridgehead atoms. The molecule has 2 heterocycles. The van der Waals surface area contributed by atoms with Gasteiger partial charge in [0.2, 0.25) is 5.88 Å². The number of unbranched alkanes of at least 4 members (excludes halogenated alkanes) is 1. The van der Waals surface area contributed by atoms with Crippen LogP contribution in [0.5, 0.6) is 5.88 Å². The summed E-state index contributed by atoms with van der Waals surface area (Å²) >= 11 is 0. The minimum atomic E-state index is -2.76. The van der Waals surface area contributed by atoms with E-state index in [1.165, 1.54) is 6.07 Å². The first-order chi connectivity index (χ1) is 20.6. The molecule has 2 atom stereocenters. The van der Waals surface area contributed by atoms with Crippen LogP contribution in [0.15, 0.2) is 18.2 Å². The monoisotopic (exact) mass is 651 g/mol. The molecule has 0 aromatic carbocycles. The SMILES string of the molecule is CC(C)(C)OC(=O)NCCCCOc1cc(Nc2cc([C@H]3CC[C@@H](O[Si](C)(C)C(C)(C)C)C3)nn2C(C)(C)C)cc(C(F)F)n1. The number of ether oxygens (including phenoxy) is 2. The Labute approximate surface area is 269 Å². The van der Waals surface area contributed by atoms with Crippen molar-refractivity contribution >= 4 is 25.9 Å². The van der Waals surface area contributed by atoms with Gasteiger partial charge in [-0.15, -0.1) is 0 Å². The Morgan fingerprint density at radius 3 is 2.33 bits per heavy atom. The lowest BCUT2D eigenvalue weighted by atomic mass is 10.0. The number of anilines is 2. The number of pyridine rings is 1. The van der Waals surface area contributed by atoms with Gasteiger partial charge in [0.25, 0.3) is 6.43 Å². The highest BCUT2D eigenvalue weighted by Crippen LogP contribution is 2.43. The summed E-state index contributed by atoms with van der Waals surface area (Å²) in [6.45, 7) is 23.6. The maximum atomic E-state index is 13.8. The van der Waals surface area contributed by atoms with Crippen molar-refractivity contribution in [3.8, 4) is 5.88 Å². The van der Waals surface area contributed by atoms with E-state index in [2.05, 4.69) is 70.3 Å². The van der Waals surface area contributed by atoms with Crippen LogP contribution in [0.3, 0.4) is 0 Å². The van der Waals surface area contributed by atoms with Gasteiger partial charge in [-0.05, 0) is 97.8 Å². The smallest absolute Gasteiger partial charge is 0.407 e. The number of nitrogens with one attached hydrogen (secondary N) is 2. The van der Waals surface area contributed by atoms with E-state index in [1.54, 1.807) is 26.8 Å². The fraction of sp³-hybridized carbons (Fsp3) is 0.727. The number of amides is 1. The van der Waals surface area contributed by atoms with Gasteiger partial charge in [-0.3, -0.25) is 0 Å². The number of hydrogen-bond donors (Lipinski definition) is 2. The van der Waals surface area contributed by atoms with E-state index in [0.29, 0.717) is 25.1 Å². The number of carbonyl (C=O) groups is 1. The molecule has 0 aliphatic heterocycles. The molecule has 2 N–H and O–H groups in total. The molecule has 1 aliphatic rings. The van der Waals surface area contributed by atoms with Crippen molar-refractivity contribution in [1.82, 2.24) is 20.1 Å². The molecule has 0 saturated heterocycles. The standard InChI is InChI=1S/C33H55F2N5O4Si/c1-31(2,3)40-27(21-25(39-40)22-14-15-24(18-22)44-45(10,11)33(7,8)9)37-23-19-26(29(34)35)38-28(20-23)42-17-13-12-16-36-30(41)43-32(4,5)6/h19-22,24,29H,12-18H2,1-11H3,(H,36,41)(H,37,38)/t22-,24+/m0/s1. The number of alkyl halides is 2. The van der Waals surface area contributed by atoms with Crippen LogP contribution in [-0.4, -0.2) is 54.0 Å². The number of hydrogen-bond acceptors (Lipinski definition) is 7. The first kappa shape index (κ1) is 36.7. The maximum absolute atomic E-state index is 13.8. The molecular formula is C33H55F2N5O4Si. The zero-order chi connectivity index (χ0) is 33.8. The molecule has 0 radical (unpaired) electrons. The summed E-state index contributed by atoms with van der Waals surface area (Å²) in [6, 6.07) is 5.01. The first-order valence-corrected chi connectivity index (χ1v) is 19.0. The third-order valence-electron chi connectivity index (χ3n) is 8.24. The number of rotatable bonds is 12. The largest absolute Gasteiger partial charge is 0.478 e. The average Bonchev–Trinajstić information content (AvgIpc) is 3.51. The van der Waals surface area contributed by atoms with Crippen LogP contribution in [0.2, 0.25) is 18.1 Å². The number of carbonyl (C=O) groups excluding carboxylic acids is 1. The molecule has 0 unspecified atom stereocenters. The summed E-state index contributed by atoms with van der Waals surface area (Å²) < 4.78 is 47.3. The van der Waals surface area contributed by atoms with E-state index in [4.69, 9.17) is 19.0 Å². The predicted octanol–water partition coefficient (Wildman–Crippen LogP) is 9.06. The van der Waals surface area contributed by atoms with Gasteiger partial charge in [0.15, 0.2) is 8.32 Å². The molecule has 3 rings (SSSR count). The van der Waals surface area contributed by atoms with Crippen molar-refractivity contribution in [2.24, 2.45) is 0 Å². The molecule has 2 aromatic rings. The molecule has 2 aromatic heterocycles. The van der Waals surface area contributed by atoms with Gasteiger partial charge in [-0.25, -0.2) is 23.2 Å². The fourth-order valence-electron chi connectivity index (χ4n) is 4.95. The Balaban J connectivity index is 1.69. The second kappa shape index (κ2) is 14.4. The lowest BCUT2D eigenvalue weighted by Gasteiger charge is -2.38. The number of alkyl carbamates (subject to hydrolysis) is 1. The third kappa shape index (κ3) is 10.9. The zero-order valence-electron chi connectivity index (χ0n) is 29.1. The van der Waals surface area contributed by atoms with Crippen molar-refractivity contribution in [1.29, 1.82) is 0 Å². The van der Waals surface area contributed by atoms with Crippen LogP contribution < -0.4 is 15.4 Å². The normalized spacial score (nSPS) is 17.9. The van der Waals surface area contributed by atoms with E-state index in [9.17, 15) is 13.6 Å². The van der Waals surface area contributed by atoms with Crippen LogP contribution in [-0.2, 0) is 14.7 Å². The molecule has 9 nitrogen and oxygen atoms in total. The summed E-state index contributed by atoms with van der Waals surface area (Å²) in [5.41, 5.74) is 0.149. The Morgan fingerprint density at radius 1 is 1.04 bits per heavy atom. The Hall–Kier alpha value is -2.73. The number of nitrogens with zero attached hydrogens (tertiary/aromatic N) is 3. The average molecular weight is 652 g/mol. The minimum absolute atomic E-state index is 0.110. The van der Waals surface area contributed by atoms with Crippen molar-refractivity contribution in [3.05, 3.63) is 29.6 Å². The van der Waals surface area contributed by atoms with Crippen molar-refractivity contribution in [2.75, 3.05) is 18.5 Å². The van der Waals surface area contributed by atoms with Crippen LogP contribution in [0.4, 0.5) is 25.1 Å². The van der Waals surface area contributed by atoms with Crippen molar-refractivity contribution in [3.63, 3.8) is 0 Å². The van der Waals surface area contributed by atoms with E-state index >= 15 is 0 Å². The Kier molecular flexibility index (Phi) is 11.7. The van der Waals surface area contributed by atoms with Gasteiger partial charge in [0, 0.05) is 36.4 Å². The van der Waals surface area contributed by atoms with Gasteiger partial charge in [-0.1, -0.05) is 20.8 Å². The van der Waals surface area contributed by atoms with Crippen LogP contribution in [0.25, 0.3) is 0 Å². The highest BCUT2D eigenvalue weighted by Gasteiger charge is 2.41. The fourth-order valence-corrected chi connectivity index (χ4v) is 6.35. The molecule has 254 valence electrons. The van der Waals surface area contributed by atoms with Gasteiger partial charge in [-0.2, -0.15) is 5.10 Å². The van der Waals surface area contributed by atoms with Crippen LogP contribution in [0, 0.1) is 0 Å². The molecule has 12 heteroatoms. The van der Waals surface area contributed by atoms with E-state index in [1.807, 2.05) is 10.7 Å².